The third-order valence-corrected chi connectivity index (χ3v) is 4.56. The molecule has 6 nitrogen and oxygen atoms in total. The average molecular weight is 313 g/mol. The van der Waals surface area contributed by atoms with Gasteiger partial charge in [-0.1, -0.05) is 12.1 Å². The lowest BCUT2D eigenvalue weighted by molar-refractivity contribution is 0.102. The Labute approximate surface area is 136 Å². The molecule has 2 heterocycles. The molecule has 0 saturated carbocycles. The molecule has 0 aliphatic carbocycles. The van der Waals surface area contributed by atoms with E-state index in [1.165, 1.54) is 0 Å². The number of nitrogens with zero attached hydrogens (tertiary/aromatic N) is 3. The van der Waals surface area contributed by atoms with Gasteiger partial charge in [-0.3, -0.25) is 10.1 Å². The first-order valence-corrected chi connectivity index (χ1v) is 8.05. The molecule has 1 aliphatic rings. The lowest BCUT2D eigenvalue weighted by Crippen LogP contribution is -2.27. The van der Waals surface area contributed by atoms with E-state index in [0.717, 1.165) is 42.9 Å². The van der Waals surface area contributed by atoms with E-state index in [2.05, 4.69) is 20.7 Å². The molecule has 3 rings (SSSR count). The Morgan fingerprint density at radius 3 is 2.78 bits per heavy atom. The summed E-state index contributed by atoms with van der Waals surface area (Å²) in [6.07, 6.45) is 2.07. The SMILES string of the molecule is Cc1cccc(C(=O)Nc2nc(C3CCNCC3)nn2C)c1C. The van der Waals surface area contributed by atoms with Crippen molar-refractivity contribution < 1.29 is 4.79 Å². The predicted octanol–water partition coefficient (Wildman–Crippen LogP) is 2.15. The van der Waals surface area contributed by atoms with Gasteiger partial charge in [0.2, 0.25) is 5.95 Å². The smallest absolute Gasteiger partial charge is 0.258 e. The van der Waals surface area contributed by atoms with Crippen LogP contribution in [0.4, 0.5) is 5.95 Å². The first-order valence-electron chi connectivity index (χ1n) is 8.05. The van der Waals surface area contributed by atoms with Crippen LogP contribution in [0.3, 0.4) is 0 Å². The number of piperidine rings is 1. The summed E-state index contributed by atoms with van der Waals surface area (Å²) in [5.41, 5.74) is 2.77. The van der Waals surface area contributed by atoms with Crippen molar-refractivity contribution in [1.29, 1.82) is 0 Å². The minimum Gasteiger partial charge on any atom is -0.317 e. The van der Waals surface area contributed by atoms with Gasteiger partial charge in [-0.25, -0.2) is 4.68 Å². The largest absolute Gasteiger partial charge is 0.317 e. The van der Waals surface area contributed by atoms with E-state index in [0.29, 0.717) is 17.4 Å². The number of hydrogen-bond donors (Lipinski definition) is 2. The summed E-state index contributed by atoms with van der Waals surface area (Å²) in [6, 6.07) is 5.74. The van der Waals surface area contributed by atoms with Crippen LogP contribution in [0.15, 0.2) is 18.2 Å². The van der Waals surface area contributed by atoms with Gasteiger partial charge in [0.1, 0.15) is 0 Å². The number of carbonyl (C=O) groups is 1. The molecule has 2 N–H and O–H groups in total. The zero-order chi connectivity index (χ0) is 16.4. The van der Waals surface area contributed by atoms with Crippen molar-refractivity contribution in [1.82, 2.24) is 20.1 Å². The van der Waals surface area contributed by atoms with Crippen LogP contribution >= 0.6 is 0 Å². The van der Waals surface area contributed by atoms with Gasteiger partial charge in [-0.2, -0.15) is 10.1 Å². The van der Waals surface area contributed by atoms with Crippen LogP contribution in [0.1, 0.15) is 46.1 Å². The molecule has 6 heteroatoms. The van der Waals surface area contributed by atoms with E-state index >= 15 is 0 Å². The molecule has 1 aliphatic heterocycles. The van der Waals surface area contributed by atoms with Gasteiger partial charge in [0, 0.05) is 18.5 Å². The molecular weight excluding hydrogens is 290 g/mol. The third-order valence-electron chi connectivity index (χ3n) is 4.56. The molecule has 0 bridgehead atoms. The number of hydrogen-bond acceptors (Lipinski definition) is 4. The number of anilines is 1. The summed E-state index contributed by atoms with van der Waals surface area (Å²) in [5.74, 6) is 1.56. The Kier molecular flexibility index (Phi) is 4.43. The minimum atomic E-state index is -0.140. The number of nitrogens with one attached hydrogen (secondary N) is 2. The van der Waals surface area contributed by atoms with Crippen molar-refractivity contribution in [2.75, 3.05) is 18.4 Å². The lowest BCUT2D eigenvalue weighted by atomic mass is 9.98. The molecule has 0 unspecified atom stereocenters. The van der Waals surface area contributed by atoms with Gasteiger partial charge in [0.25, 0.3) is 5.91 Å². The number of aromatic nitrogens is 3. The molecule has 0 radical (unpaired) electrons. The maximum Gasteiger partial charge on any atom is 0.258 e. The Morgan fingerprint density at radius 1 is 1.30 bits per heavy atom. The summed E-state index contributed by atoms with van der Waals surface area (Å²) in [5, 5.41) is 10.7. The quantitative estimate of drug-likeness (QED) is 0.911. The Bertz CT molecular complexity index is 716. The van der Waals surface area contributed by atoms with Gasteiger partial charge in [-0.05, 0) is 57.0 Å². The molecule has 1 amide bonds. The number of benzene rings is 1. The molecule has 122 valence electrons. The second-order valence-corrected chi connectivity index (χ2v) is 6.14. The van der Waals surface area contributed by atoms with E-state index in [-0.39, 0.29) is 5.91 Å². The molecular formula is C17H23N5O. The minimum absolute atomic E-state index is 0.140. The molecule has 0 spiro atoms. The fourth-order valence-electron chi connectivity index (χ4n) is 2.93. The standard InChI is InChI=1S/C17H23N5O/c1-11-5-4-6-14(12(11)2)16(23)20-17-19-15(21-22(17)3)13-7-9-18-10-8-13/h4-6,13,18H,7-10H2,1-3H3,(H,19,20,21,23). The van der Waals surface area contributed by atoms with Gasteiger partial charge in [0.15, 0.2) is 5.82 Å². The molecule has 1 saturated heterocycles. The number of aryl methyl sites for hydroxylation is 2. The van der Waals surface area contributed by atoms with Crippen LogP contribution in [0.2, 0.25) is 0 Å². The van der Waals surface area contributed by atoms with Gasteiger partial charge < -0.3 is 5.32 Å². The van der Waals surface area contributed by atoms with Crippen molar-refractivity contribution in [2.24, 2.45) is 7.05 Å². The summed E-state index contributed by atoms with van der Waals surface area (Å²) >= 11 is 0. The summed E-state index contributed by atoms with van der Waals surface area (Å²) in [7, 11) is 1.82. The predicted molar refractivity (Wildman–Crippen MR) is 89.7 cm³/mol. The number of carbonyl (C=O) groups excluding carboxylic acids is 1. The zero-order valence-corrected chi connectivity index (χ0v) is 13.9. The summed E-state index contributed by atoms with van der Waals surface area (Å²) in [4.78, 5) is 17.1. The van der Waals surface area contributed by atoms with Crippen LogP contribution in [0, 0.1) is 13.8 Å². The Hall–Kier alpha value is -2.21. The zero-order valence-electron chi connectivity index (χ0n) is 13.9. The topological polar surface area (TPSA) is 71.8 Å². The van der Waals surface area contributed by atoms with Crippen molar-refractivity contribution in [3.05, 3.63) is 40.7 Å². The van der Waals surface area contributed by atoms with E-state index in [4.69, 9.17) is 0 Å². The Balaban J connectivity index is 1.78. The number of rotatable bonds is 3. The van der Waals surface area contributed by atoms with E-state index < -0.39 is 0 Å². The normalized spacial score (nSPS) is 15.6. The second kappa shape index (κ2) is 6.50. The van der Waals surface area contributed by atoms with E-state index in [9.17, 15) is 4.79 Å². The van der Waals surface area contributed by atoms with Crippen LogP contribution < -0.4 is 10.6 Å². The number of amides is 1. The van der Waals surface area contributed by atoms with Crippen molar-refractivity contribution in [3.8, 4) is 0 Å². The first-order chi connectivity index (χ1) is 11.1. The molecule has 1 aromatic carbocycles. The van der Waals surface area contributed by atoms with E-state index in [1.54, 1.807) is 4.68 Å². The fraction of sp³-hybridized carbons (Fsp3) is 0.471. The highest BCUT2D eigenvalue weighted by atomic mass is 16.1. The van der Waals surface area contributed by atoms with Crippen molar-refractivity contribution in [3.63, 3.8) is 0 Å². The maximum absolute atomic E-state index is 12.5. The van der Waals surface area contributed by atoms with Crippen LogP contribution in [0.25, 0.3) is 0 Å². The van der Waals surface area contributed by atoms with Crippen LogP contribution in [0.5, 0.6) is 0 Å². The second-order valence-electron chi connectivity index (χ2n) is 6.14. The molecule has 0 atom stereocenters. The van der Waals surface area contributed by atoms with Gasteiger partial charge >= 0.3 is 0 Å². The molecule has 1 aromatic heterocycles. The van der Waals surface area contributed by atoms with Crippen LogP contribution in [-0.4, -0.2) is 33.8 Å². The molecule has 2 aromatic rings. The fourth-order valence-corrected chi connectivity index (χ4v) is 2.93. The van der Waals surface area contributed by atoms with Gasteiger partial charge in [0.05, 0.1) is 0 Å². The van der Waals surface area contributed by atoms with Crippen molar-refractivity contribution >= 4 is 11.9 Å². The van der Waals surface area contributed by atoms with Crippen LogP contribution in [-0.2, 0) is 7.05 Å². The maximum atomic E-state index is 12.5. The average Bonchev–Trinajstić information content (AvgIpc) is 2.92. The highest BCUT2D eigenvalue weighted by Gasteiger charge is 2.21. The van der Waals surface area contributed by atoms with Crippen molar-refractivity contribution in [2.45, 2.75) is 32.6 Å². The van der Waals surface area contributed by atoms with Gasteiger partial charge in [-0.15, -0.1) is 0 Å². The Morgan fingerprint density at radius 2 is 2.04 bits per heavy atom. The first kappa shape index (κ1) is 15.7. The highest BCUT2D eigenvalue weighted by Crippen LogP contribution is 2.23. The summed E-state index contributed by atoms with van der Waals surface area (Å²) < 4.78 is 1.65. The summed E-state index contributed by atoms with van der Waals surface area (Å²) in [6.45, 7) is 5.95. The molecule has 1 fully saturated rings. The molecule has 23 heavy (non-hydrogen) atoms. The van der Waals surface area contributed by atoms with E-state index in [1.807, 2.05) is 39.1 Å². The monoisotopic (exact) mass is 313 g/mol. The third kappa shape index (κ3) is 3.27. The lowest BCUT2D eigenvalue weighted by Gasteiger charge is -2.19. The highest BCUT2D eigenvalue weighted by molar-refractivity contribution is 6.04.